The summed E-state index contributed by atoms with van der Waals surface area (Å²) >= 11 is 1.72. The Balaban J connectivity index is 1.82. The van der Waals surface area contributed by atoms with Crippen molar-refractivity contribution in [1.82, 2.24) is 20.5 Å². The van der Waals surface area contributed by atoms with Crippen LogP contribution in [0.1, 0.15) is 51.2 Å². The van der Waals surface area contributed by atoms with E-state index >= 15 is 0 Å². The van der Waals surface area contributed by atoms with Gasteiger partial charge in [0.05, 0.1) is 17.2 Å². The third-order valence-electron chi connectivity index (χ3n) is 4.57. The fraction of sp³-hybridized carbons (Fsp3) is 0.737. The first-order valence-corrected chi connectivity index (χ1v) is 10.7. The van der Waals surface area contributed by atoms with Crippen LogP contribution in [0, 0.1) is 0 Å². The first-order chi connectivity index (χ1) is 12.8. The molecule has 8 heteroatoms. The molecule has 152 valence electrons. The number of nitrogens with one attached hydrogen (secondary N) is 2. The second-order valence-corrected chi connectivity index (χ2v) is 8.99. The van der Waals surface area contributed by atoms with Crippen LogP contribution in [0.4, 0.5) is 0 Å². The zero-order valence-corrected chi connectivity index (χ0v) is 17.9. The molecule has 1 amide bonds. The van der Waals surface area contributed by atoms with E-state index < -0.39 is 0 Å². The summed E-state index contributed by atoms with van der Waals surface area (Å²) in [6.45, 7) is 12.3. The van der Waals surface area contributed by atoms with Crippen LogP contribution in [-0.4, -0.2) is 60.5 Å². The largest absolute Gasteiger partial charge is 0.369 e. The van der Waals surface area contributed by atoms with Gasteiger partial charge in [0.15, 0.2) is 5.96 Å². The highest BCUT2D eigenvalue weighted by Crippen LogP contribution is 2.24. The van der Waals surface area contributed by atoms with Gasteiger partial charge < -0.3 is 16.4 Å². The van der Waals surface area contributed by atoms with Gasteiger partial charge in [-0.2, -0.15) is 0 Å². The number of amides is 1. The number of hydrogen-bond acceptors (Lipinski definition) is 5. The predicted molar refractivity (Wildman–Crippen MR) is 112 cm³/mol. The highest BCUT2D eigenvalue weighted by atomic mass is 32.1. The molecule has 4 N–H and O–H groups in total. The minimum absolute atomic E-state index is 0.0951. The van der Waals surface area contributed by atoms with Gasteiger partial charge in [-0.05, 0) is 19.8 Å². The van der Waals surface area contributed by atoms with E-state index in [9.17, 15) is 4.79 Å². The lowest BCUT2D eigenvalue weighted by Crippen LogP contribution is -2.49. The van der Waals surface area contributed by atoms with Crippen molar-refractivity contribution in [2.45, 2.75) is 58.4 Å². The van der Waals surface area contributed by atoms with E-state index in [1.54, 1.807) is 11.3 Å². The van der Waals surface area contributed by atoms with Crippen molar-refractivity contribution in [3.05, 3.63) is 16.1 Å². The summed E-state index contributed by atoms with van der Waals surface area (Å²) in [5, 5.41) is 10.1. The second-order valence-electron chi connectivity index (χ2n) is 8.05. The second kappa shape index (κ2) is 10.0. The summed E-state index contributed by atoms with van der Waals surface area (Å²) in [6, 6.07) is 0.374. The van der Waals surface area contributed by atoms with E-state index in [1.165, 1.54) is 0 Å². The number of nitrogens with zero attached hydrogens (tertiary/aromatic N) is 3. The number of aliphatic imine (C=N–C) groups is 1. The molecule has 0 radical (unpaired) electrons. The van der Waals surface area contributed by atoms with Gasteiger partial charge in [-0.25, -0.2) is 4.98 Å². The highest BCUT2D eigenvalue weighted by Gasteiger charge is 2.21. The van der Waals surface area contributed by atoms with Gasteiger partial charge in [-0.3, -0.25) is 14.7 Å². The summed E-state index contributed by atoms with van der Waals surface area (Å²) in [6.07, 6.45) is 2.83. The SMILES string of the molecule is CCNC(=NCCc1nc(C(C)(C)C)cs1)NC1CCN(CC(N)=O)CC1. The molecule has 7 nitrogen and oxygen atoms in total. The maximum absolute atomic E-state index is 11.0. The highest BCUT2D eigenvalue weighted by molar-refractivity contribution is 7.09. The number of primary amides is 1. The number of likely N-dealkylation sites (tertiary alicyclic amines) is 1. The van der Waals surface area contributed by atoms with E-state index in [1.807, 2.05) is 0 Å². The maximum atomic E-state index is 11.0. The molecule has 0 bridgehead atoms. The Morgan fingerprint density at radius 2 is 2.11 bits per heavy atom. The molecule has 0 aromatic carbocycles. The summed E-state index contributed by atoms with van der Waals surface area (Å²) in [7, 11) is 0. The van der Waals surface area contributed by atoms with Crippen LogP contribution in [0.15, 0.2) is 10.4 Å². The summed E-state index contributed by atoms with van der Waals surface area (Å²) in [5.41, 5.74) is 6.52. The van der Waals surface area contributed by atoms with Gasteiger partial charge in [0.1, 0.15) is 0 Å². The van der Waals surface area contributed by atoms with Gasteiger partial charge in [-0.1, -0.05) is 20.8 Å². The first kappa shape index (κ1) is 21.6. The zero-order chi connectivity index (χ0) is 19.9. The van der Waals surface area contributed by atoms with Gasteiger partial charge in [0.2, 0.25) is 5.91 Å². The molecule has 1 fully saturated rings. The Morgan fingerprint density at radius 3 is 2.67 bits per heavy atom. The molecule has 0 aliphatic carbocycles. The van der Waals surface area contributed by atoms with E-state index in [0.29, 0.717) is 19.1 Å². The van der Waals surface area contributed by atoms with Crippen LogP contribution in [0.25, 0.3) is 0 Å². The van der Waals surface area contributed by atoms with Gasteiger partial charge >= 0.3 is 0 Å². The monoisotopic (exact) mass is 394 g/mol. The predicted octanol–water partition coefficient (Wildman–Crippen LogP) is 1.49. The zero-order valence-electron chi connectivity index (χ0n) is 17.0. The number of aromatic nitrogens is 1. The van der Waals surface area contributed by atoms with E-state index in [4.69, 9.17) is 15.7 Å². The lowest BCUT2D eigenvalue weighted by molar-refractivity contribution is -0.119. The minimum atomic E-state index is -0.256. The summed E-state index contributed by atoms with van der Waals surface area (Å²) in [4.78, 5) is 22.6. The number of piperidine rings is 1. The molecule has 0 spiro atoms. The third-order valence-corrected chi connectivity index (χ3v) is 5.48. The van der Waals surface area contributed by atoms with Crippen molar-refractivity contribution >= 4 is 23.2 Å². The molecular formula is C19H34N6OS. The molecule has 2 rings (SSSR count). The number of hydrogen-bond donors (Lipinski definition) is 3. The van der Waals surface area contributed by atoms with Crippen LogP contribution >= 0.6 is 11.3 Å². The van der Waals surface area contributed by atoms with Crippen LogP contribution in [0.2, 0.25) is 0 Å². The maximum Gasteiger partial charge on any atom is 0.231 e. The fourth-order valence-corrected chi connectivity index (χ4v) is 4.02. The first-order valence-electron chi connectivity index (χ1n) is 9.78. The standard InChI is InChI=1S/C19H34N6OS/c1-5-21-18(23-14-7-10-25(11-8-14)12-16(20)26)22-9-6-17-24-15(13-27-17)19(2,3)4/h13-14H,5-12H2,1-4H3,(H2,20,26)(H2,21,22,23). The van der Waals surface area contributed by atoms with E-state index in [2.05, 4.69) is 48.6 Å². The van der Waals surface area contributed by atoms with Crippen LogP contribution < -0.4 is 16.4 Å². The summed E-state index contributed by atoms with van der Waals surface area (Å²) in [5.74, 6) is 0.603. The number of nitrogens with two attached hydrogens (primary N) is 1. The smallest absolute Gasteiger partial charge is 0.231 e. The van der Waals surface area contributed by atoms with Crippen LogP contribution in [-0.2, 0) is 16.6 Å². The molecule has 1 aliphatic heterocycles. The molecule has 1 saturated heterocycles. The Bertz CT molecular complexity index is 628. The Labute approximate surface area is 166 Å². The van der Waals surface area contributed by atoms with E-state index in [0.717, 1.165) is 55.6 Å². The molecule has 1 aromatic heterocycles. The van der Waals surface area contributed by atoms with Crippen molar-refractivity contribution in [3.63, 3.8) is 0 Å². The van der Waals surface area contributed by atoms with E-state index in [-0.39, 0.29) is 11.3 Å². The van der Waals surface area contributed by atoms with Crippen LogP contribution in [0.5, 0.6) is 0 Å². The van der Waals surface area contributed by atoms with Crippen molar-refractivity contribution in [3.8, 4) is 0 Å². The molecule has 1 aromatic rings. The third kappa shape index (κ3) is 7.46. The molecular weight excluding hydrogens is 360 g/mol. The average Bonchev–Trinajstić information content (AvgIpc) is 3.05. The lowest BCUT2D eigenvalue weighted by Gasteiger charge is -2.32. The molecule has 0 atom stereocenters. The van der Waals surface area contributed by atoms with Gasteiger partial charge in [-0.15, -0.1) is 11.3 Å². The summed E-state index contributed by atoms with van der Waals surface area (Å²) < 4.78 is 0. The number of carbonyl (C=O) groups excluding carboxylic acids is 1. The molecule has 0 saturated carbocycles. The minimum Gasteiger partial charge on any atom is -0.369 e. The fourth-order valence-electron chi connectivity index (χ4n) is 3.00. The normalized spacial score (nSPS) is 17.1. The molecule has 0 unspecified atom stereocenters. The van der Waals surface area contributed by atoms with Crippen LogP contribution in [0.3, 0.4) is 0 Å². The topological polar surface area (TPSA) is 95.6 Å². The number of thiazole rings is 1. The Kier molecular flexibility index (Phi) is 8.04. The quantitative estimate of drug-likeness (QED) is 0.481. The van der Waals surface area contributed by atoms with Crippen molar-refractivity contribution in [1.29, 1.82) is 0 Å². The van der Waals surface area contributed by atoms with Crippen molar-refractivity contribution < 1.29 is 4.79 Å². The Morgan fingerprint density at radius 1 is 1.41 bits per heavy atom. The number of carbonyl (C=O) groups is 1. The molecule has 27 heavy (non-hydrogen) atoms. The number of rotatable bonds is 7. The van der Waals surface area contributed by atoms with Crippen molar-refractivity contribution in [2.75, 3.05) is 32.7 Å². The molecule has 2 heterocycles. The van der Waals surface area contributed by atoms with Crippen molar-refractivity contribution in [2.24, 2.45) is 10.7 Å². The molecule has 1 aliphatic rings. The lowest BCUT2D eigenvalue weighted by atomic mass is 9.93. The van der Waals surface area contributed by atoms with Gasteiger partial charge in [0.25, 0.3) is 0 Å². The van der Waals surface area contributed by atoms with Gasteiger partial charge in [0, 0.05) is 49.4 Å². The average molecular weight is 395 g/mol. The number of guanidine groups is 1. The Hall–Kier alpha value is -1.67.